The second-order valence-electron chi connectivity index (χ2n) is 6.31. The maximum absolute atomic E-state index is 12.7. The van der Waals surface area contributed by atoms with Crippen molar-refractivity contribution >= 4 is 11.6 Å². The summed E-state index contributed by atoms with van der Waals surface area (Å²) >= 11 is 0. The first kappa shape index (κ1) is 17.0. The summed E-state index contributed by atoms with van der Waals surface area (Å²) in [5, 5.41) is 7.46. The molecule has 0 aliphatic heterocycles. The molecule has 3 rings (SSSR count). The van der Waals surface area contributed by atoms with E-state index in [4.69, 9.17) is 0 Å². The van der Waals surface area contributed by atoms with Gasteiger partial charge in [-0.1, -0.05) is 37.3 Å². The molecule has 0 spiro atoms. The fourth-order valence-corrected chi connectivity index (χ4v) is 2.95. The predicted molar refractivity (Wildman–Crippen MR) is 102 cm³/mol. The molecule has 3 aromatic rings. The molecule has 0 saturated carbocycles. The van der Waals surface area contributed by atoms with Crippen molar-refractivity contribution in [1.82, 2.24) is 9.78 Å². The van der Waals surface area contributed by atoms with Gasteiger partial charge in [-0.15, -0.1) is 0 Å². The summed E-state index contributed by atoms with van der Waals surface area (Å²) < 4.78 is 1.84. The Hall–Kier alpha value is -2.88. The van der Waals surface area contributed by atoms with Gasteiger partial charge in [0.1, 0.15) is 0 Å². The van der Waals surface area contributed by atoms with Crippen molar-refractivity contribution < 1.29 is 4.79 Å². The van der Waals surface area contributed by atoms with Crippen molar-refractivity contribution in [2.75, 3.05) is 5.32 Å². The van der Waals surface area contributed by atoms with Gasteiger partial charge in [-0.25, -0.2) is 4.68 Å². The summed E-state index contributed by atoms with van der Waals surface area (Å²) in [5.74, 6) is -0.133. The highest BCUT2D eigenvalue weighted by Crippen LogP contribution is 2.21. The summed E-state index contributed by atoms with van der Waals surface area (Å²) in [6.07, 6.45) is 2.56. The Labute approximate surface area is 148 Å². The van der Waals surface area contributed by atoms with Gasteiger partial charge in [0.2, 0.25) is 0 Å². The largest absolute Gasteiger partial charge is 0.322 e. The van der Waals surface area contributed by atoms with Gasteiger partial charge in [0, 0.05) is 5.69 Å². The number of amides is 1. The monoisotopic (exact) mass is 333 g/mol. The normalized spacial score (nSPS) is 10.7. The highest BCUT2D eigenvalue weighted by atomic mass is 16.1. The van der Waals surface area contributed by atoms with E-state index < -0.39 is 0 Å². The van der Waals surface area contributed by atoms with Crippen LogP contribution in [0.4, 0.5) is 5.69 Å². The van der Waals surface area contributed by atoms with Gasteiger partial charge < -0.3 is 5.32 Å². The van der Waals surface area contributed by atoms with Crippen LogP contribution in [0.1, 0.15) is 39.7 Å². The Morgan fingerprint density at radius 3 is 2.64 bits per heavy atom. The number of carbonyl (C=O) groups is 1. The molecule has 1 heterocycles. The third-order valence-corrected chi connectivity index (χ3v) is 4.50. The van der Waals surface area contributed by atoms with Crippen molar-refractivity contribution in [3.8, 4) is 5.69 Å². The standard InChI is InChI=1S/C21H23N3O/c1-5-17-8-6-7-9-20(17)24-16(4)18(13-22-24)21(25)23-19-12-14(2)10-11-15(19)3/h6-13H,5H2,1-4H3,(H,23,25). The first-order chi connectivity index (χ1) is 12.0. The lowest BCUT2D eigenvalue weighted by molar-refractivity contribution is 0.102. The minimum absolute atomic E-state index is 0.133. The molecule has 1 aromatic heterocycles. The molecular formula is C21H23N3O. The van der Waals surface area contributed by atoms with Gasteiger partial charge in [-0.2, -0.15) is 5.10 Å². The number of rotatable bonds is 4. The number of hydrogen-bond acceptors (Lipinski definition) is 2. The van der Waals surface area contributed by atoms with E-state index in [1.54, 1.807) is 6.20 Å². The number of aryl methyl sites for hydroxylation is 3. The van der Waals surface area contributed by atoms with Crippen LogP contribution in [-0.2, 0) is 6.42 Å². The molecule has 128 valence electrons. The number of benzene rings is 2. The van der Waals surface area contributed by atoms with Crippen molar-refractivity contribution in [2.45, 2.75) is 34.1 Å². The Kier molecular flexibility index (Phi) is 4.70. The fourth-order valence-electron chi connectivity index (χ4n) is 2.95. The third kappa shape index (κ3) is 3.33. The van der Waals surface area contributed by atoms with Crippen LogP contribution in [0.25, 0.3) is 5.69 Å². The first-order valence-corrected chi connectivity index (χ1v) is 8.52. The van der Waals surface area contributed by atoms with Gasteiger partial charge in [-0.3, -0.25) is 4.79 Å². The second kappa shape index (κ2) is 6.93. The molecule has 0 bridgehead atoms. The molecular weight excluding hydrogens is 310 g/mol. The third-order valence-electron chi connectivity index (χ3n) is 4.50. The molecule has 0 fully saturated rings. The van der Waals surface area contributed by atoms with Crippen LogP contribution in [0.5, 0.6) is 0 Å². The number of anilines is 1. The van der Waals surface area contributed by atoms with E-state index in [-0.39, 0.29) is 5.91 Å². The number of nitrogens with zero attached hydrogens (tertiary/aromatic N) is 2. The van der Waals surface area contributed by atoms with Gasteiger partial charge >= 0.3 is 0 Å². The van der Waals surface area contributed by atoms with Crippen LogP contribution in [0.2, 0.25) is 0 Å². The predicted octanol–water partition coefficient (Wildman–Crippen LogP) is 4.61. The van der Waals surface area contributed by atoms with Gasteiger partial charge in [0.15, 0.2) is 0 Å². The molecule has 0 saturated heterocycles. The van der Waals surface area contributed by atoms with E-state index in [9.17, 15) is 4.79 Å². The minimum atomic E-state index is -0.133. The summed E-state index contributed by atoms with van der Waals surface area (Å²) in [5.41, 5.74) is 6.65. The zero-order valence-corrected chi connectivity index (χ0v) is 15.1. The van der Waals surface area contributed by atoms with E-state index in [0.29, 0.717) is 5.56 Å². The van der Waals surface area contributed by atoms with Crippen molar-refractivity contribution in [1.29, 1.82) is 0 Å². The number of para-hydroxylation sites is 1. The van der Waals surface area contributed by atoms with Gasteiger partial charge in [-0.05, 0) is 56.0 Å². The lowest BCUT2D eigenvalue weighted by Crippen LogP contribution is -2.14. The molecule has 25 heavy (non-hydrogen) atoms. The van der Waals surface area contributed by atoms with Crippen LogP contribution in [0, 0.1) is 20.8 Å². The van der Waals surface area contributed by atoms with Crippen LogP contribution in [0.3, 0.4) is 0 Å². The average molecular weight is 333 g/mol. The van der Waals surface area contributed by atoms with E-state index in [2.05, 4.69) is 23.4 Å². The van der Waals surface area contributed by atoms with Crippen molar-refractivity contribution in [3.05, 3.63) is 76.6 Å². The number of nitrogens with one attached hydrogen (secondary N) is 1. The quantitative estimate of drug-likeness (QED) is 0.758. The highest BCUT2D eigenvalue weighted by Gasteiger charge is 2.17. The van der Waals surface area contributed by atoms with Crippen LogP contribution >= 0.6 is 0 Å². The maximum Gasteiger partial charge on any atom is 0.259 e. The van der Waals surface area contributed by atoms with Gasteiger partial charge in [0.05, 0.1) is 23.1 Å². The first-order valence-electron chi connectivity index (χ1n) is 8.52. The topological polar surface area (TPSA) is 46.9 Å². The minimum Gasteiger partial charge on any atom is -0.322 e. The lowest BCUT2D eigenvalue weighted by Gasteiger charge is -2.11. The number of aromatic nitrogens is 2. The van der Waals surface area contributed by atoms with Crippen LogP contribution in [-0.4, -0.2) is 15.7 Å². The van der Waals surface area contributed by atoms with Crippen molar-refractivity contribution in [3.63, 3.8) is 0 Å². The molecule has 0 aliphatic carbocycles. The second-order valence-corrected chi connectivity index (χ2v) is 6.31. The van der Waals surface area contributed by atoms with E-state index in [0.717, 1.165) is 34.6 Å². The maximum atomic E-state index is 12.7. The Bertz CT molecular complexity index is 925. The molecule has 0 aliphatic rings. The number of carbonyl (C=O) groups excluding carboxylic acids is 1. The fraction of sp³-hybridized carbons (Fsp3) is 0.238. The lowest BCUT2D eigenvalue weighted by atomic mass is 10.1. The Balaban J connectivity index is 1.93. The van der Waals surface area contributed by atoms with Crippen LogP contribution < -0.4 is 5.32 Å². The van der Waals surface area contributed by atoms with E-state index in [1.807, 2.05) is 61.9 Å². The van der Waals surface area contributed by atoms with Crippen LogP contribution in [0.15, 0.2) is 48.7 Å². The molecule has 0 unspecified atom stereocenters. The van der Waals surface area contributed by atoms with Gasteiger partial charge in [0.25, 0.3) is 5.91 Å². The average Bonchev–Trinajstić information content (AvgIpc) is 2.99. The summed E-state index contributed by atoms with van der Waals surface area (Å²) in [4.78, 5) is 12.7. The Morgan fingerprint density at radius 1 is 1.12 bits per heavy atom. The van der Waals surface area contributed by atoms with Crippen molar-refractivity contribution in [2.24, 2.45) is 0 Å². The molecule has 1 amide bonds. The summed E-state index contributed by atoms with van der Waals surface area (Å²) in [6, 6.07) is 14.2. The van der Waals surface area contributed by atoms with E-state index in [1.165, 1.54) is 5.56 Å². The molecule has 0 atom stereocenters. The molecule has 1 N–H and O–H groups in total. The molecule has 4 heteroatoms. The zero-order valence-electron chi connectivity index (χ0n) is 15.1. The molecule has 2 aromatic carbocycles. The van der Waals surface area contributed by atoms with E-state index >= 15 is 0 Å². The highest BCUT2D eigenvalue weighted by molar-refractivity contribution is 6.05. The summed E-state index contributed by atoms with van der Waals surface area (Å²) in [7, 11) is 0. The zero-order chi connectivity index (χ0) is 18.0. The SMILES string of the molecule is CCc1ccccc1-n1ncc(C(=O)Nc2cc(C)ccc2C)c1C. The summed E-state index contributed by atoms with van der Waals surface area (Å²) in [6.45, 7) is 8.05. The molecule has 4 nitrogen and oxygen atoms in total. The smallest absolute Gasteiger partial charge is 0.259 e. The Morgan fingerprint density at radius 2 is 1.88 bits per heavy atom. The number of hydrogen-bond donors (Lipinski definition) is 1. The molecule has 0 radical (unpaired) electrons.